The number of hydrogen-bond acceptors (Lipinski definition) is 4. The molecule has 6 heteroatoms. The van der Waals surface area contributed by atoms with E-state index < -0.39 is 17.6 Å². The Balaban J connectivity index is 2.20. The maximum absolute atomic E-state index is 12.4. The lowest BCUT2D eigenvalue weighted by Crippen LogP contribution is -2.37. The topological polar surface area (TPSA) is 78.9 Å². The Bertz CT molecular complexity index is 607. The molecule has 23 heavy (non-hydrogen) atoms. The van der Waals surface area contributed by atoms with Crippen LogP contribution in [-0.4, -0.2) is 35.4 Å². The molecule has 2 rings (SSSR count). The van der Waals surface area contributed by atoms with Crippen LogP contribution in [-0.2, 0) is 22.5 Å². The molecule has 1 aromatic rings. The summed E-state index contributed by atoms with van der Waals surface area (Å²) in [5.74, 6) is -0.901. The molecule has 1 aliphatic heterocycles. The number of hydrogen-bond donors (Lipinski definition) is 2. The quantitative estimate of drug-likeness (QED) is 0.891. The Morgan fingerprint density at radius 3 is 2.70 bits per heavy atom. The summed E-state index contributed by atoms with van der Waals surface area (Å²) >= 11 is 0. The summed E-state index contributed by atoms with van der Waals surface area (Å²) in [6.45, 7) is 8.07. The second kappa shape index (κ2) is 6.58. The number of anilines is 1. The lowest BCUT2D eigenvalue weighted by Gasteiger charge is -2.26. The molecule has 0 bridgehead atoms. The van der Waals surface area contributed by atoms with Crippen LogP contribution in [0.15, 0.2) is 18.2 Å². The highest BCUT2D eigenvalue weighted by molar-refractivity contribution is 5.91. The Labute approximate surface area is 136 Å². The largest absolute Gasteiger partial charge is 0.480 e. The van der Waals surface area contributed by atoms with Crippen molar-refractivity contribution in [3.8, 4) is 0 Å². The number of aliphatic carboxylic acids is 1. The molecule has 0 saturated carbocycles. The fraction of sp³-hybridized carbons (Fsp3) is 0.529. The fourth-order valence-electron chi connectivity index (χ4n) is 2.53. The summed E-state index contributed by atoms with van der Waals surface area (Å²) in [6, 6.07) is 5.18. The molecule has 126 valence electrons. The normalized spacial score (nSPS) is 15.2. The van der Waals surface area contributed by atoms with Gasteiger partial charge in [0.2, 0.25) is 0 Å². The molecule has 1 heterocycles. The van der Waals surface area contributed by atoms with Crippen LogP contribution in [0.25, 0.3) is 0 Å². The average Bonchev–Trinajstić information content (AvgIpc) is 2.87. The number of carbonyl (C=O) groups excluding carboxylic acids is 1. The maximum Gasteiger partial charge on any atom is 0.414 e. The van der Waals surface area contributed by atoms with E-state index in [9.17, 15) is 9.59 Å². The van der Waals surface area contributed by atoms with Crippen molar-refractivity contribution in [2.75, 3.05) is 11.4 Å². The first kappa shape index (κ1) is 17.3. The van der Waals surface area contributed by atoms with Crippen molar-refractivity contribution in [2.24, 2.45) is 0 Å². The molecule has 6 nitrogen and oxygen atoms in total. The molecule has 2 N–H and O–H groups in total. The zero-order chi connectivity index (χ0) is 17.2. The van der Waals surface area contributed by atoms with Gasteiger partial charge in [0, 0.05) is 13.1 Å². The summed E-state index contributed by atoms with van der Waals surface area (Å²) in [4.78, 5) is 25.0. The summed E-state index contributed by atoms with van der Waals surface area (Å²) in [5, 5.41) is 11.9. The minimum absolute atomic E-state index is 0.366. The Kier molecular flexibility index (Phi) is 4.94. The number of amides is 1. The molecule has 0 aromatic heterocycles. The van der Waals surface area contributed by atoms with E-state index in [-0.39, 0.29) is 6.09 Å². The van der Waals surface area contributed by atoms with Crippen LogP contribution in [0.4, 0.5) is 10.5 Å². The zero-order valence-electron chi connectivity index (χ0n) is 14.0. The molecule has 1 amide bonds. The molecule has 0 fully saturated rings. The molecule has 1 aromatic carbocycles. The third-order valence-electron chi connectivity index (χ3n) is 3.66. The highest BCUT2D eigenvalue weighted by atomic mass is 16.6. The Morgan fingerprint density at radius 1 is 1.39 bits per heavy atom. The maximum atomic E-state index is 12.4. The number of carboxylic acids is 1. The lowest BCUT2D eigenvalue weighted by atomic mass is 10.1. The summed E-state index contributed by atoms with van der Waals surface area (Å²) in [7, 11) is 0. The predicted octanol–water partition coefficient (Wildman–Crippen LogP) is 2.55. The molecular weight excluding hydrogens is 296 g/mol. The van der Waals surface area contributed by atoms with E-state index >= 15 is 0 Å². The number of fused-ring (bicyclic) bond motifs is 1. The number of carbonyl (C=O) groups is 2. The first-order valence-corrected chi connectivity index (χ1v) is 7.76. The van der Waals surface area contributed by atoms with Gasteiger partial charge in [-0.1, -0.05) is 18.2 Å². The second-order valence-corrected chi connectivity index (χ2v) is 6.75. The van der Waals surface area contributed by atoms with Crippen molar-refractivity contribution < 1.29 is 19.4 Å². The van der Waals surface area contributed by atoms with Gasteiger partial charge in [-0.2, -0.15) is 0 Å². The number of nitrogens with one attached hydrogen (secondary N) is 1. The van der Waals surface area contributed by atoms with Crippen LogP contribution in [0.2, 0.25) is 0 Å². The first-order chi connectivity index (χ1) is 10.7. The molecule has 0 radical (unpaired) electrons. The van der Waals surface area contributed by atoms with Gasteiger partial charge in [0.05, 0.1) is 5.69 Å². The van der Waals surface area contributed by atoms with Crippen molar-refractivity contribution >= 4 is 17.7 Å². The minimum Gasteiger partial charge on any atom is -0.480 e. The van der Waals surface area contributed by atoms with Gasteiger partial charge in [-0.15, -0.1) is 0 Å². The lowest BCUT2D eigenvalue weighted by molar-refractivity contribution is -0.139. The van der Waals surface area contributed by atoms with E-state index in [0.717, 1.165) is 23.2 Å². The van der Waals surface area contributed by atoms with Gasteiger partial charge in [-0.05, 0) is 45.2 Å². The molecule has 0 aliphatic carbocycles. The number of ether oxygens (including phenoxy) is 1. The van der Waals surface area contributed by atoms with Crippen LogP contribution in [0.5, 0.6) is 0 Å². The Morgan fingerprint density at radius 2 is 2.09 bits per heavy atom. The molecule has 1 atom stereocenters. The van der Waals surface area contributed by atoms with Crippen molar-refractivity contribution in [1.29, 1.82) is 0 Å². The molecule has 1 aliphatic rings. The predicted molar refractivity (Wildman–Crippen MR) is 87.7 cm³/mol. The first-order valence-electron chi connectivity index (χ1n) is 7.76. The van der Waals surface area contributed by atoms with Crippen molar-refractivity contribution in [3.05, 3.63) is 29.3 Å². The smallest absolute Gasteiger partial charge is 0.414 e. The van der Waals surface area contributed by atoms with E-state index in [4.69, 9.17) is 9.84 Å². The standard InChI is InChI=1S/C17H24N2O4/c1-11(15(20)21)18-10-13-7-5-6-12-8-9-19(14(12)13)16(22)23-17(2,3)4/h5-7,11,18H,8-10H2,1-4H3,(H,20,21). The number of benzene rings is 1. The number of rotatable bonds is 4. The summed E-state index contributed by atoms with van der Waals surface area (Å²) in [5.41, 5.74) is 2.27. The van der Waals surface area contributed by atoms with E-state index in [2.05, 4.69) is 5.32 Å². The van der Waals surface area contributed by atoms with Crippen LogP contribution < -0.4 is 10.2 Å². The van der Waals surface area contributed by atoms with Gasteiger partial charge in [-0.25, -0.2) is 4.79 Å². The van der Waals surface area contributed by atoms with E-state index in [1.807, 2.05) is 39.0 Å². The van der Waals surface area contributed by atoms with Gasteiger partial charge < -0.3 is 15.2 Å². The van der Waals surface area contributed by atoms with Crippen molar-refractivity contribution in [2.45, 2.75) is 52.3 Å². The summed E-state index contributed by atoms with van der Waals surface area (Å²) < 4.78 is 5.47. The van der Waals surface area contributed by atoms with Gasteiger partial charge >= 0.3 is 12.1 Å². The third-order valence-corrected chi connectivity index (χ3v) is 3.66. The third kappa shape index (κ3) is 4.22. The second-order valence-electron chi connectivity index (χ2n) is 6.75. The molecular formula is C17H24N2O4. The van der Waals surface area contributed by atoms with Gasteiger partial charge in [0.15, 0.2) is 0 Å². The van der Waals surface area contributed by atoms with E-state index in [1.54, 1.807) is 11.8 Å². The van der Waals surface area contributed by atoms with Crippen LogP contribution in [0.1, 0.15) is 38.8 Å². The SMILES string of the molecule is CC(NCc1cccc2c1N(C(=O)OC(C)(C)C)CC2)C(=O)O. The Hall–Kier alpha value is -2.08. The molecule has 0 saturated heterocycles. The van der Waals surface area contributed by atoms with E-state index in [1.165, 1.54) is 0 Å². The zero-order valence-corrected chi connectivity index (χ0v) is 14.0. The number of nitrogens with zero attached hydrogens (tertiary/aromatic N) is 1. The molecule has 1 unspecified atom stereocenters. The number of para-hydroxylation sites is 1. The van der Waals surface area contributed by atoms with Gasteiger partial charge in [-0.3, -0.25) is 9.69 Å². The summed E-state index contributed by atoms with van der Waals surface area (Å²) in [6.07, 6.45) is 0.409. The highest BCUT2D eigenvalue weighted by Crippen LogP contribution is 2.33. The van der Waals surface area contributed by atoms with Crippen molar-refractivity contribution in [1.82, 2.24) is 5.32 Å². The minimum atomic E-state index is -0.901. The van der Waals surface area contributed by atoms with Crippen LogP contribution in [0.3, 0.4) is 0 Å². The highest BCUT2D eigenvalue weighted by Gasteiger charge is 2.30. The van der Waals surface area contributed by atoms with Gasteiger partial charge in [0.1, 0.15) is 11.6 Å². The van der Waals surface area contributed by atoms with Crippen molar-refractivity contribution in [3.63, 3.8) is 0 Å². The number of carboxylic acid groups (broad SMARTS) is 1. The van der Waals surface area contributed by atoms with Gasteiger partial charge in [0.25, 0.3) is 0 Å². The molecule has 0 spiro atoms. The fourth-order valence-corrected chi connectivity index (χ4v) is 2.53. The average molecular weight is 320 g/mol. The van der Waals surface area contributed by atoms with Crippen LogP contribution in [0, 0.1) is 0 Å². The van der Waals surface area contributed by atoms with E-state index in [0.29, 0.717) is 13.1 Å². The van der Waals surface area contributed by atoms with Crippen LogP contribution >= 0.6 is 0 Å². The monoisotopic (exact) mass is 320 g/mol.